The normalized spacial score (nSPS) is 19.1. The lowest BCUT2D eigenvalue weighted by Crippen LogP contribution is -2.38. The third-order valence-electron chi connectivity index (χ3n) is 3.81. The Morgan fingerprint density at radius 2 is 2.29 bits per heavy atom. The molecule has 2 aromatic heterocycles. The average molecular weight is 287 g/mol. The number of nitrogens with zero attached hydrogens (tertiary/aromatic N) is 3. The standard InChI is InChI=1S/C15H21N5O/c1-10(2)20-13(21)6-5-11-8-17-15(19-14(11)20)18-12-4-3-7-16-9-12/h5-6,8,10,12,16H,3-4,7,9H2,1-2H3,(H,17,18,19)/t12-/m1/s1. The maximum absolute atomic E-state index is 12.0. The molecule has 0 unspecified atom stereocenters. The molecular weight excluding hydrogens is 266 g/mol. The second-order valence-corrected chi connectivity index (χ2v) is 5.80. The predicted octanol–water partition coefficient (Wildman–Crippen LogP) is 1.54. The number of hydrogen-bond acceptors (Lipinski definition) is 5. The Bertz CT molecular complexity index is 688. The van der Waals surface area contributed by atoms with E-state index in [0.717, 1.165) is 31.3 Å². The van der Waals surface area contributed by atoms with Crippen molar-refractivity contribution >= 4 is 17.0 Å². The van der Waals surface area contributed by atoms with Gasteiger partial charge in [0.05, 0.1) is 0 Å². The molecule has 1 saturated heterocycles. The Balaban J connectivity index is 1.98. The van der Waals surface area contributed by atoms with E-state index < -0.39 is 0 Å². The van der Waals surface area contributed by atoms with Crippen molar-refractivity contribution in [2.45, 2.75) is 38.8 Å². The summed E-state index contributed by atoms with van der Waals surface area (Å²) in [5.74, 6) is 0.594. The van der Waals surface area contributed by atoms with E-state index in [9.17, 15) is 4.79 Å². The van der Waals surface area contributed by atoms with E-state index in [0.29, 0.717) is 17.6 Å². The lowest BCUT2D eigenvalue weighted by atomic mass is 10.1. The van der Waals surface area contributed by atoms with Gasteiger partial charge in [0.15, 0.2) is 0 Å². The van der Waals surface area contributed by atoms with Crippen LogP contribution in [0.3, 0.4) is 0 Å². The van der Waals surface area contributed by atoms with Crippen LogP contribution in [0, 0.1) is 0 Å². The van der Waals surface area contributed by atoms with E-state index >= 15 is 0 Å². The molecule has 2 N–H and O–H groups in total. The minimum atomic E-state index is -0.0264. The van der Waals surface area contributed by atoms with Crippen LogP contribution in [-0.4, -0.2) is 33.7 Å². The van der Waals surface area contributed by atoms with Crippen molar-refractivity contribution in [3.8, 4) is 0 Å². The number of anilines is 1. The van der Waals surface area contributed by atoms with Crippen LogP contribution in [0.4, 0.5) is 5.95 Å². The zero-order valence-electron chi connectivity index (χ0n) is 12.5. The van der Waals surface area contributed by atoms with Crippen LogP contribution in [0.5, 0.6) is 0 Å². The molecule has 1 aliphatic heterocycles. The number of hydrogen-bond donors (Lipinski definition) is 2. The van der Waals surface area contributed by atoms with Crippen molar-refractivity contribution in [1.82, 2.24) is 19.9 Å². The minimum absolute atomic E-state index is 0.0264. The first kappa shape index (κ1) is 14.0. The van der Waals surface area contributed by atoms with Gasteiger partial charge in [-0.15, -0.1) is 0 Å². The van der Waals surface area contributed by atoms with Crippen LogP contribution in [0.2, 0.25) is 0 Å². The molecule has 21 heavy (non-hydrogen) atoms. The van der Waals surface area contributed by atoms with Gasteiger partial charge >= 0.3 is 0 Å². The monoisotopic (exact) mass is 287 g/mol. The SMILES string of the molecule is CC(C)n1c(=O)ccc2cnc(N[C@@H]3CCCNC3)nc21. The Hall–Kier alpha value is -1.95. The minimum Gasteiger partial charge on any atom is -0.350 e. The van der Waals surface area contributed by atoms with Crippen LogP contribution in [0.25, 0.3) is 11.0 Å². The molecule has 1 fully saturated rings. The molecule has 0 saturated carbocycles. The van der Waals surface area contributed by atoms with Gasteiger partial charge in [0, 0.05) is 36.3 Å². The Morgan fingerprint density at radius 1 is 1.43 bits per heavy atom. The summed E-state index contributed by atoms with van der Waals surface area (Å²) in [6.07, 6.45) is 4.04. The highest BCUT2D eigenvalue weighted by molar-refractivity contribution is 5.75. The molecule has 0 bridgehead atoms. The average Bonchev–Trinajstić information content (AvgIpc) is 2.47. The zero-order valence-corrected chi connectivity index (χ0v) is 12.5. The molecule has 2 aromatic rings. The van der Waals surface area contributed by atoms with Gasteiger partial charge in [-0.3, -0.25) is 9.36 Å². The molecule has 0 radical (unpaired) electrons. The summed E-state index contributed by atoms with van der Waals surface area (Å²) >= 11 is 0. The van der Waals surface area contributed by atoms with E-state index in [2.05, 4.69) is 20.6 Å². The van der Waals surface area contributed by atoms with E-state index in [1.165, 1.54) is 0 Å². The molecule has 1 aliphatic rings. The van der Waals surface area contributed by atoms with Gasteiger partial charge in [0.1, 0.15) is 5.65 Å². The van der Waals surface area contributed by atoms with Crippen LogP contribution < -0.4 is 16.2 Å². The van der Waals surface area contributed by atoms with Crippen LogP contribution in [0.1, 0.15) is 32.7 Å². The maximum Gasteiger partial charge on any atom is 0.252 e. The predicted molar refractivity (Wildman–Crippen MR) is 83.7 cm³/mol. The molecule has 0 spiro atoms. The number of rotatable bonds is 3. The molecule has 3 heterocycles. The fourth-order valence-electron chi connectivity index (χ4n) is 2.76. The van der Waals surface area contributed by atoms with Gasteiger partial charge in [0.25, 0.3) is 5.56 Å². The fraction of sp³-hybridized carbons (Fsp3) is 0.533. The molecule has 1 atom stereocenters. The van der Waals surface area contributed by atoms with Gasteiger partial charge in [-0.05, 0) is 39.3 Å². The summed E-state index contributed by atoms with van der Waals surface area (Å²) in [7, 11) is 0. The maximum atomic E-state index is 12.0. The van der Waals surface area contributed by atoms with Gasteiger partial charge in [-0.2, -0.15) is 4.98 Å². The number of fused-ring (bicyclic) bond motifs is 1. The molecule has 6 heteroatoms. The van der Waals surface area contributed by atoms with Crippen molar-refractivity contribution < 1.29 is 0 Å². The Kier molecular flexibility index (Phi) is 3.88. The first-order valence-electron chi connectivity index (χ1n) is 7.50. The van der Waals surface area contributed by atoms with Crippen molar-refractivity contribution in [1.29, 1.82) is 0 Å². The summed E-state index contributed by atoms with van der Waals surface area (Å²) < 4.78 is 1.71. The van der Waals surface area contributed by atoms with E-state index in [4.69, 9.17) is 0 Å². The van der Waals surface area contributed by atoms with Crippen molar-refractivity contribution in [3.05, 3.63) is 28.7 Å². The van der Waals surface area contributed by atoms with Gasteiger partial charge in [0.2, 0.25) is 5.95 Å². The summed E-state index contributed by atoms with van der Waals surface area (Å²) in [6, 6.07) is 3.77. The number of piperidine rings is 1. The quantitative estimate of drug-likeness (QED) is 0.896. The van der Waals surface area contributed by atoms with Gasteiger partial charge in [-0.1, -0.05) is 0 Å². The molecular formula is C15H21N5O. The van der Waals surface area contributed by atoms with Crippen molar-refractivity contribution in [2.75, 3.05) is 18.4 Å². The molecule has 112 valence electrons. The Morgan fingerprint density at radius 3 is 3.00 bits per heavy atom. The van der Waals surface area contributed by atoms with Crippen molar-refractivity contribution in [2.24, 2.45) is 0 Å². The topological polar surface area (TPSA) is 71.8 Å². The summed E-state index contributed by atoms with van der Waals surface area (Å²) in [5.41, 5.74) is 0.667. The smallest absolute Gasteiger partial charge is 0.252 e. The highest BCUT2D eigenvalue weighted by Gasteiger charge is 2.15. The lowest BCUT2D eigenvalue weighted by Gasteiger charge is -2.24. The number of pyridine rings is 1. The first-order chi connectivity index (χ1) is 10.1. The van der Waals surface area contributed by atoms with E-state index in [1.54, 1.807) is 22.9 Å². The highest BCUT2D eigenvalue weighted by atomic mass is 16.1. The van der Waals surface area contributed by atoms with Gasteiger partial charge < -0.3 is 10.6 Å². The van der Waals surface area contributed by atoms with E-state index in [1.807, 2.05) is 13.8 Å². The molecule has 0 amide bonds. The zero-order chi connectivity index (χ0) is 14.8. The van der Waals surface area contributed by atoms with Crippen LogP contribution in [-0.2, 0) is 0 Å². The molecule has 0 aliphatic carbocycles. The second kappa shape index (κ2) is 5.81. The number of nitrogens with one attached hydrogen (secondary N) is 2. The second-order valence-electron chi connectivity index (χ2n) is 5.80. The lowest BCUT2D eigenvalue weighted by molar-refractivity contribution is 0.478. The summed E-state index contributed by atoms with van der Waals surface area (Å²) in [5, 5.41) is 7.60. The third kappa shape index (κ3) is 2.90. The highest BCUT2D eigenvalue weighted by Crippen LogP contribution is 2.15. The fourth-order valence-corrected chi connectivity index (χ4v) is 2.76. The largest absolute Gasteiger partial charge is 0.350 e. The molecule has 3 rings (SSSR count). The summed E-state index contributed by atoms with van der Waals surface area (Å²) in [6.45, 7) is 5.97. The first-order valence-corrected chi connectivity index (χ1v) is 7.50. The van der Waals surface area contributed by atoms with Crippen molar-refractivity contribution in [3.63, 3.8) is 0 Å². The Labute approximate surface area is 123 Å². The van der Waals surface area contributed by atoms with E-state index in [-0.39, 0.29) is 11.6 Å². The van der Waals surface area contributed by atoms with Crippen LogP contribution >= 0.6 is 0 Å². The summed E-state index contributed by atoms with van der Waals surface area (Å²) in [4.78, 5) is 21.0. The van der Waals surface area contributed by atoms with Crippen LogP contribution in [0.15, 0.2) is 23.1 Å². The van der Waals surface area contributed by atoms with Gasteiger partial charge in [-0.25, -0.2) is 4.98 Å². The number of aromatic nitrogens is 3. The third-order valence-corrected chi connectivity index (χ3v) is 3.81. The molecule has 0 aromatic carbocycles. The molecule has 6 nitrogen and oxygen atoms in total.